The van der Waals surface area contributed by atoms with Crippen LogP contribution in [0.4, 0.5) is 0 Å². The van der Waals surface area contributed by atoms with Crippen molar-refractivity contribution in [2.45, 2.75) is 71.3 Å². The molecule has 0 aliphatic carbocycles. The van der Waals surface area contributed by atoms with Crippen molar-refractivity contribution in [2.75, 3.05) is 0 Å². The van der Waals surface area contributed by atoms with Crippen LogP contribution >= 0.6 is 0 Å². The maximum atomic E-state index is 7.69. The van der Waals surface area contributed by atoms with Gasteiger partial charge in [0.2, 0.25) is 0 Å². The lowest BCUT2D eigenvalue weighted by Gasteiger charge is -2.15. The van der Waals surface area contributed by atoms with Crippen LogP contribution in [0.15, 0.2) is 12.2 Å². The van der Waals surface area contributed by atoms with Gasteiger partial charge in [0, 0.05) is 5.54 Å². The zero-order chi connectivity index (χ0) is 10.9. The molecule has 0 aromatic heterocycles. The smallest absolute Gasteiger partial charge is 0.0267 e. The van der Waals surface area contributed by atoms with Crippen LogP contribution in [0.1, 0.15) is 65.7 Å². The fourth-order valence-corrected chi connectivity index (χ4v) is 1.39. The summed E-state index contributed by atoms with van der Waals surface area (Å²) in [6.07, 6.45) is 13.1. The van der Waals surface area contributed by atoms with Crippen molar-refractivity contribution in [1.82, 2.24) is 5.73 Å². The summed E-state index contributed by atoms with van der Waals surface area (Å²) in [5.74, 6) is 0. The molecule has 0 saturated heterocycles. The third-order valence-electron chi connectivity index (χ3n) is 2.31. The molecule has 83 valence electrons. The monoisotopic (exact) mass is 196 g/mol. The zero-order valence-electron chi connectivity index (χ0n) is 10.1. The number of unbranched alkanes of at least 4 members (excludes halogenated alkanes) is 4. The highest BCUT2D eigenvalue weighted by Gasteiger charge is 2.09. The maximum absolute atomic E-state index is 7.69. The van der Waals surface area contributed by atoms with E-state index in [1.54, 1.807) is 0 Å². The van der Waals surface area contributed by atoms with Gasteiger partial charge in [-0.15, -0.1) is 0 Å². The van der Waals surface area contributed by atoms with E-state index in [9.17, 15) is 0 Å². The SMILES string of the molecule is CCCC/C=C/CCCCC(C)(C)[NH]. The van der Waals surface area contributed by atoms with Gasteiger partial charge in [0.05, 0.1) is 0 Å². The molecule has 0 bridgehead atoms. The number of hydrogen-bond donors (Lipinski definition) is 0. The number of nitrogens with one attached hydrogen (secondary N) is 1. The van der Waals surface area contributed by atoms with Gasteiger partial charge in [-0.25, -0.2) is 0 Å². The molecule has 0 rings (SSSR count). The third kappa shape index (κ3) is 11.7. The van der Waals surface area contributed by atoms with Gasteiger partial charge in [-0.3, -0.25) is 5.73 Å². The van der Waals surface area contributed by atoms with E-state index in [0.29, 0.717) is 0 Å². The largest absolute Gasteiger partial charge is 0.252 e. The molecule has 1 radical (unpaired) electrons. The number of hydrogen-bond acceptors (Lipinski definition) is 0. The van der Waals surface area contributed by atoms with Crippen molar-refractivity contribution in [3.8, 4) is 0 Å². The first kappa shape index (κ1) is 13.7. The van der Waals surface area contributed by atoms with Gasteiger partial charge in [-0.2, -0.15) is 0 Å². The molecule has 0 atom stereocenters. The quantitative estimate of drug-likeness (QED) is 0.407. The van der Waals surface area contributed by atoms with Gasteiger partial charge in [0.25, 0.3) is 0 Å². The van der Waals surface area contributed by atoms with Crippen LogP contribution < -0.4 is 5.73 Å². The molecule has 0 amide bonds. The lowest BCUT2D eigenvalue weighted by Crippen LogP contribution is -2.20. The molecule has 0 aromatic carbocycles. The van der Waals surface area contributed by atoms with Crippen LogP contribution in [-0.4, -0.2) is 5.54 Å². The second kappa shape index (κ2) is 8.05. The number of allylic oxidation sites excluding steroid dienone is 2. The van der Waals surface area contributed by atoms with Gasteiger partial charge in [0.15, 0.2) is 0 Å². The highest BCUT2D eigenvalue weighted by molar-refractivity contribution is 4.81. The second-order valence-corrected chi connectivity index (χ2v) is 4.74. The van der Waals surface area contributed by atoms with Crippen LogP contribution in [0.2, 0.25) is 0 Å². The molecular formula is C13H26N. The Morgan fingerprint density at radius 1 is 1.00 bits per heavy atom. The zero-order valence-corrected chi connectivity index (χ0v) is 10.1. The van der Waals surface area contributed by atoms with E-state index in [-0.39, 0.29) is 5.54 Å². The third-order valence-corrected chi connectivity index (χ3v) is 2.31. The summed E-state index contributed by atoms with van der Waals surface area (Å²) < 4.78 is 0. The Balaban J connectivity index is 3.17. The van der Waals surface area contributed by atoms with Gasteiger partial charge in [-0.1, -0.05) is 38.3 Å². The molecule has 0 saturated carbocycles. The van der Waals surface area contributed by atoms with Crippen molar-refractivity contribution < 1.29 is 0 Å². The molecule has 14 heavy (non-hydrogen) atoms. The Bertz CT molecular complexity index is 142. The normalized spacial score (nSPS) is 12.6. The minimum absolute atomic E-state index is 0.230. The van der Waals surface area contributed by atoms with Crippen molar-refractivity contribution in [1.29, 1.82) is 0 Å². The highest BCUT2D eigenvalue weighted by Crippen LogP contribution is 2.12. The molecular weight excluding hydrogens is 170 g/mol. The van der Waals surface area contributed by atoms with E-state index in [2.05, 4.69) is 19.1 Å². The molecule has 0 heterocycles. The minimum Gasteiger partial charge on any atom is -0.252 e. The molecule has 1 N–H and O–H groups in total. The summed E-state index contributed by atoms with van der Waals surface area (Å²) in [6.45, 7) is 6.21. The topological polar surface area (TPSA) is 23.8 Å². The Hall–Kier alpha value is -0.300. The Morgan fingerprint density at radius 2 is 1.57 bits per heavy atom. The Labute approximate surface area is 89.8 Å². The Morgan fingerprint density at radius 3 is 2.07 bits per heavy atom. The van der Waals surface area contributed by atoms with E-state index >= 15 is 0 Å². The van der Waals surface area contributed by atoms with E-state index in [0.717, 1.165) is 6.42 Å². The van der Waals surface area contributed by atoms with Crippen LogP contribution in [0, 0.1) is 0 Å². The molecule has 0 spiro atoms. The summed E-state index contributed by atoms with van der Waals surface area (Å²) in [4.78, 5) is 0. The van der Waals surface area contributed by atoms with Crippen LogP contribution in [0.25, 0.3) is 0 Å². The predicted molar refractivity (Wildman–Crippen MR) is 64.3 cm³/mol. The van der Waals surface area contributed by atoms with E-state index < -0.39 is 0 Å². The minimum atomic E-state index is -0.230. The summed E-state index contributed by atoms with van der Waals surface area (Å²) in [7, 11) is 0. The Kier molecular flexibility index (Phi) is 7.87. The molecule has 0 fully saturated rings. The molecule has 0 aliphatic rings. The van der Waals surface area contributed by atoms with Crippen molar-refractivity contribution in [3.05, 3.63) is 12.2 Å². The summed E-state index contributed by atoms with van der Waals surface area (Å²) >= 11 is 0. The van der Waals surface area contributed by atoms with Crippen molar-refractivity contribution in [2.24, 2.45) is 0 Å². The van der Waals surface area contributed by atoms with Crippen LogP contribution in [-0.2, 0) is 0 Å². The maximum Gasteiger partial charge on any atom is 0.0267 e. The fourth-order valence-electron chi connectivity index (χ4n) is 1.39. The predicted octanol–water partition coefficient (Wildman–Crippen LogP) is 4.35. The lowest BCUT2D eigenvalue weighted by molar-refractivity contribution is 0.437. The summed E-state index contributed by atoms with van der Waals surface area (Å²) in [5.41, 5.74) is 7.45. The fraction of sp³-hybridized carbons (Fsp3) is 0.846. The van der Waals surface area contributed by atoms with E-state index in [1.165, 1.54) is 38.5 Å². The van der Waals surface area contributed by atoms with Gasteiger partial charge >= 0.3 is 0 Å². The van der Waals surface area contributed by atoms with Gasteiger partial charge < -0.3 is 0 Å². The lowest BCUT2D eigenvalue weighted by atomic mass is 9.98. The number of rotatable bonds is 8. The van der Waals surface area contributed by atoms with Gasteiger partial charge in [0.1, 0.15) is 0 Å². The molecule has 0 aliphatic heterocycles. The highest BCUT2D eigenvalue weighted by atomic mass is 14.7. The average Bonchev–Trinajstić information content (AvgIpc) is 2.08. The average molecular weight is 196 g/mol. The first-order chi connectivity index (χ1) is 6.56. The van der Waals surface area contributed by atoms with Crippen LogP contribution in [0.5, 0.6) is 0 Å². The van der Waals surface area contributed by atoms with Crippen molar-refractivity contribution >= 4 is 0 Å². The molecule has 0 unspecified atom stereocenters. The van der Waals surface area contributed by atoms with Crippen molar-refractivity contribution in [3.63, 3.8) is 0 Å². The standard InChI is InChI=1S/C13H26N/c1-4-5-6-7-8-9-10-11-12-13(2,3)14/h7-8,14H,4-6,9-12H2,1-3H3/b8-7+. The molecule has 1 nitrogen and oxygen atoms in total. The molecule has 0 aromatic rings. The van der Waals surface area contributed by atoms with E-state index in [4.69, 9.17) is 5.73 Å². The van der Waals surface area contributed by atoms with Gasteiger partial charge in [-0.05, 0) is 39.5 Å². The summed E-state index contributed by atoms with van der Waals surface area (Å²) in [6, 6.07) is 0. The van der Waals surface area contributed by atoms with E-state index in [1.807, 2.05) is 13.8 Å². The second-order valence-electron chi connectivity index (χ2n) is 4.74. The first-order valence-electron chi connectivity index (χ1n) is 5.96. The molecule has 1 heteroatoms. The van der Waals surface area contributed by atoms with Crippen LogP contribution in [0.3, 0.4) is 0 Å². The first-order valence-corrected chi connectivity index (χ1v) is 5.96. The summed E-state index contributed by atoms with van der Waals surface area (Å²) in [5, 5.41) is 0.